The summed E-state index contributed by atoms with van der Waals surface area (Å²) in [5.41, 5.74) is 1.08. The van der Waals surface area contributed by atoms with Crippen LogP contribution in [-0.2, 0) is 23.9 Å². The van der Waals surface area contributed by atoms with Gasteiger partial charge in [0.05, 0.1) is 6.61 Å². The SMILES string of the molecule is CC1CCC(C)(C)C(C)C1(C)C.CCCCCC(CCCCC)CCOC(=O)CCCCCCCC(CCCCCCCC(=O)O)OC(=O)CCCNC. The molecule has 0 radical (unpaired) electrons. The summed E-state index contributed by atoms with van der Waals surface area (Å²) in [6, 6.07) is 0. The maximum Gasteiger partial charge on any atom is 0.306 e. The Kier molecular flexibility index (Phi) is 31.5. The van der Waals surface area contributed by atoms with E-state index < -0.39 is 5.97 Å². The van der Waals surface area contributed by atoms with E-state index in [1.165, 1.54) is 64.2 Å². The number of carboxylic acid groups (broad SMARTS) is 1. The van der Waals surface area contributed by atoms with Crippen LogP contribution >= 0.6 is 0 Å². The van der Waals surface area contributed by atoms with Crippen LogP contribution in [-0.4, -0.2) is 49.3 Å². The number of hydrogen-bond donors (Lipinski definition) is 2. The Morgan fingerprint density at radius 1 is 0.667 bits per heavy atom. The molecule has 3 atom stereocenters. The molecule has 0 heterocycles. The molecule has 1 aliphatic carbocycles. The molecule has 0 aromatic rings. The number of carbonyl (C=O) groups excluding carboxylic acids is 2. The standard InChI is InChI=1S/C35H67NO6.C12H24/c1-4-6-14-21-31(22-15-7-5-2)28-30-41-34(39)26-19-13-9-11-17-24-32(42-35(40)27-20-29-36-3)23-16-10-8-12-18-25-33(37)38;1-9-7-8-11(3,4)10(2)12(9,5)6/h31-32,36H,4-30H2,1-3H3,(H,37,38);9-10H,7-8H2,1-6H3. The van der Waals surface area contributed by atoms with E-state index in [4.69, 9.17) is 14.6 Å². The van der Waals surface area contributed by atoms with Crippen LogP contribution in [0.4, 0.5) is 0 Å². The highest BCUT2D eigenvalue weighted by Crippen LogP contribution is 2.53. The molecule has 0 saturated heterocycles. The van der Waals surface area contributed by atoms with Gasteiger partial charge < -0.3 is 19.9 Å². The van der Waals surface area contributed by atoms with Gasteiger partial charge in [-0.3, -0.25) is 14.4 Å². The zero-order chi connectivity index (χ0) is 40.7. The molecule has 7 heteroatoms. The molecule has 0 amide bonds. The number of ether oxygens (including phenoxy) is 2. The number of nitrogens with one attached hydrogen (secondary N) is 1. The molecule has 0 aromatic carbocycles. The summed E-state index contributed by atoms with van der Waals surface area (Å²) < 4.78 is 11.4. The Hall–Kier alpha value is -1.63. The predicted molar refractivity (Wildman–Crippen MR) is 228 cm³/mol. The third kappa shape index (κ3) is 27.0. The van der Waals surface area contributed by atoms with Crippen molar-refractivity contribution in [2.75, 3.05) is 20.2 Å². The summed E-state index contributed by atoms with van der Waals surface area (Å²) in [6.07, 6.45) is 27.5. The maximum atomic E-state index is 12.3. The van der Waals surface area contributed by atoms with Crippen molar-refractivity contribution < 1.29 is 29.0 Å². The van der Waals surface area contributed by atoms with E-state index in [2.05, 4.69) is 60.7 Å². The Morgan fingerprint density at radius 2 is 1.17 bits per heavy atom. The van der Waals surface area contributed by atoms with Gasteiger partial charge in [-0.2, -0.15) is 0 Å². The minimum absolute atomic E-state index is 0.0335. The van der Waals surface area contributed by atoms with Crippen LogP contribution in [0.15, 0.2) is 0 Å². The van der Waals surface area contributed by atoms with Gasteiger partial charge in [0.15, 0.2) is 0 Å². The largest absolute Gasteiger partial charge is 0.481 e. The van der Waals surface area contributed by atoms with Gasteiger partial charge in [-0.25, -0.2) is 0 Å². The molecule has 0 aliphatic heterocycles. The van der Waals surface area contributed by atoms with E-state index in [0.29, 0.717) is 36.2 Å². The van der Waals surface area contributed by atoms with E-state index in [-0.39, 0.29) is 24.5 Å². The van der Waals surface area contributed by atoms with Gasteiger partial charge in [-0.15, -0.1) is 0 Å². The summed E-state index contributed by atoms with van der Waals surface area (Å²) in [7, 11) is 1.88. The van der Waals surface area contributed by atoms with Gasteiger partial charge in [0.25, 0.3) is 0 Å². The molecule has 1 saturated carbocycles. The van der Waals surface area contributed by atoms with Crippen LogP contribution in [0.25, 0.3) is 0 Å². The maximum absolute atomic E-state index is 12.3. The van der Waals surface area contributed by atoms with Crippen molar-refractivity contribution in [1.82, 2.24) is 5.32 Å². The monoisotopic (exact) mass is 766 g/mol. The topological polar surface area (TPSA) is 102 Å². The highest BCUT2D eigenvalue weighted by atomic mass is 16.5. The fourth-order valence-corrected chi connectivity index (χ4v) is 8.09. The third-order valence-electron chi connectivity index (χ3n) is 12.9. The zero-order valence-electron chi connectivity index (χ0n) is 37.3. The second-order valence-electron chi connectivity index (χ2n) is 18.2. The van der Waals surface area contributed by atoms with Crippen molar-refractivity contribution in [2.45, 2.75) is 235 Å². The minimum Gasteiger partial charge on any atom is -0.481 e. The van der Waals surface area contributed by atoms with E-state index in [9.17, 15) is 14.4 Å². The average molecular weight is 766 g/mol. The van der Waals surface area contributed by atoms with Crippen LogP contribution < -0.4 is 5.32 Å². The van der Waals surface area contributed by atoms with E-state index >= 15 is 0 Å². The second kappa shape index (κ2) is 32.5. The summed E-state index contributed by atoms with van der Waals surface area (Å²) >= 11 is 0. The second-order valence-corrected chi connectivity index (χ2v) is 18.2. The van der Waals surface area contributed by atoms with Gasteiger partial charge >= 0.3 is 17.9 Å². The van der Waals surface area contributed by atoms with Crippen molar-refractivity contribution in [3.05, 3.63) is 0 Å². The molecule has 0 bridgehead atoms. The summed E-state index contributed by atoms with van der Waals surface area (Å²) in [4.78, 5) is 35.2. The average Bonchev–Trinajstić information content (AvgIpc) is 3.12. The molecule has 1 rings (SSSR count). The van der Waals surface area contributed by atoms with Crippen molar-refractivity contribution in [3.63, 3.8) is 0 Å². The highest BCUT2D eigenvalue weighted by molar-refractivity contribution is 5.69. The van der Waals surface area contributed by atoms with E-state index in [0.717, 1.165) is 108 Å². The van der Waals surface area contributed by atoms with Crippen LogP contribution in [0.5, 0.6) is 0 Å². The van der Waals surface area contributed by atoms with Gasteiger partial charge in [0, 0.05) is 19.3 Å². The van der Waals surface area contributed by atoms with Crippen molar-refractivity contribution in [2.24, 2.45) is 28.6 Å². The summed E-state index contributed by atoms with van der Waals surface area (Å²) in [5, 5.41) is 11.8. The number of rotatable bonds is 32. The van der Waals surface area contributed by atoms with Crippen LogP contribution in [0.1, 0.15) is 229 Å². The van der Waals surface area contributed by atoms with Gasteiger partial charge in [0.1, 0.15) is 6.10 Å². The van der Waals surface area contributed by atoms with Gasteiger partial charge in [-0.1, -0.05) is 145 Å². The van der Waals surface area contributed by atoms with Crippen LogP contribution in [0.2, 0.25) is 0 Å². The molecule has 0 spiro atoms. The lowest BCUT2D eigenvalue weighted by Gasteiger charge is -2.51. The lowest BCUT2D eigenvalue weighted by Crippen LogP contribution is -2.43. The molecule has 1 fully saturated rings. The molecule has 0 aromatic heterocycles. The van der Waals surface area contributed by atoms with Crippen molar-refractivity contribution in [1.29, 1.82) is 0 Å². The predicted octanol–water partition coefficient (Wildman–Crippen LogP) is 13.3. The number of unbranched alkanes of at least 4 members (excludes halogenated alkanes) is 12. The van der Waals surface area contributed by atoms with Gasteiger partial charge in [0.2, 0.25) is 0 Å². The fraction of sp³-hybridized carbons (Fsp3) is 0.936. The minimum atomic E-state index is -0.727. The quantitative estimate of drug-likeness (QED) is 0.0519. The van der Waals surface area contributed by atoms with Crippen LogP contribution in [0.3, 0.4) is 0 Å². The Balaban J connectivity index is 0.00000196. The fourth-order valence-electron chi connectivity index (χ4n) is 8.09. The Bertz CT molecular complexity index is 923. The molecule has 2 N–H and O–H groups in total. The molecule has 7 nitrogen and oxygen atoms in total. The first-order chi connectivity index (χ1) is 25.7. The normalized spacial score (nSPS) is 18.1. The number of hydrogen-bond acceptors (Lipinski definition) is 6. The molecular formula is C47H91NO6. The summed E-state index contributed by atoms with van der Waals surface area (Å²) in [6.45, 7) is 20.4. The zero-order valence-corrected chi connectivity index (χ0v) is 37.3. The van der Waals surface area contributed by atoms with E-state index in [1.807, 2.05) is 7.05 Å². The Morgan fingerprint density at radius 3 is 1.69 bits per heavy atom. The molecule has 3 unspecified atom stereocenters. The smallest absolute Gasteiger partial charge is 0.306 e. The number of carbonyl (C=O) groups is 3. The Labute approximate surface area is 335 Å². The van der Waals surface area contributed by atoms with Crippen LogP contribution in [0, 0.1) is 28.6 Å². The first kappa shape index (κ1) is 52.4. The number of esters is 2. The number of aliphatic carboxylic acids is 1. The first-order valence-corrected chi connectivity index (χ1v) is 22.9. The molecular weight excluding hydrogens is 675 g/mol. The molecule has 54 heavy (non-hydrogen) atoms. The highest BCUT2D eigenvalue weighted by Gasteiger charge is 2.44. The summed E-state index contributed by atoms with van der Waals surface area (Å²) in [5.74, 6) is 1.54. The van der Waals surface area contributed by atoms with Crippen molar-refractivity contribution in [3.8, 4) is 0 Å². The lowest BCUT2D eigenvalue weighted by atomic mass is 9.54. The van der Waals surface area contributed by atoms with Gasteiger partial charge in [-0.05, 0) is 106 Å². The molecule has 1 aliphatic rings. The number of carboxylic acids is 1. The molecule has 320 valence electrons. The van der Waals surface area contributed by atoms with Crippen molar-refractivity contribution >= 4 is 17.9 Å². The first-order valence-electron chi connectivity index (χ1n) is 22.9. The van der Waals surface area contributed by atoms with E-state index in [1.54, 1.807) is 0 Å². The lowest BCUT2D eigenvalue weighted by molar-refractivity contribution is -0.150. The third-order valence-corrected chi connectivity index (χ3v) is 12.9.